The summed E-state index contributed by atoms with van der Waals surface area (Å²) in [6.45, 7) is 0. The number of hydrogen-bond acceptors (Lipinski definition) is 0. The van der Waals surface area contributed by atoms with Gasteiger partial charge in [-0.1, -0.05) is 25.7 Å². The second-order valence-corrected chi connectivity index (χ2v) is 5.65. The van der Waals surface area contributed by atoms with Crippen LogP contribution >= 0.6 is 0 Å². The Morgan fingerprint density at radius 2 is 1.08 bits per heavy atom. The van der Waals surface area contributed by atoms with Gasteiger partial charge >= 0.3 is 0 Å². The quantitative estimate of drug-likeness (QED) is 0.526. The molecule has 0 radical (unpaired) electrons. The van der Waals surface area contributed by atoms with Gasteiger partial charge in [-0.05, 0) is 55.8 Å². The average molecular weight is 178 g/mol. The van der Waals surface area contributed by atoms with Crippen LogP contribution in [0, 0.1) is 23.7 Å². The molecule has 0 saturated heterocycles. The van der Waals surface area contributed by atoms with Crippen molar-refractivity contribution in [1.82, 2.24) is 0 Å². The molecule has 3 fully saturated rings. The van der Waals surface area contributed by atoms with E-state index < -0.39 is 0 Å². The maximum Gasteiger partial charge on any atom is -0.0355 e. The Bertz CT molecular complexity index is 164. The van der Waals surface area contributed by atoms with Gasteiger partial charge in [0.05, 0.1) is 0 Å². The summed E-state index contributed by atoms with van der Waals surface area (Å²) in [6.07, 6.45) is 14.1. The summed E-state index contributed by atoms with van der Waals surface area (Å²) in [7, 11) is 0. The van der Waals surface area contributed by atoms with E-state index in [1.165, 1.54) is 36.5 Å². The number of hydrogen-bond donors (Lipinski definition) is 0. The van der Waals surface area contributed by atoms with Gasteiger partial charge in [0.25, 0.3) is 0 Å². The second kappa shape index (κ2) is 3.29. The minimum atomic E-state index is 1.17. The van der Waals surface area contributed by atoms with Crippen LogP contribution in [0.4, 0.5) is 0 Å². The first kappa shape index (κ1) is 8.32. The molecule has 0 aromatic rings. The van der Waals surface area contributed by atoms with Crippen molar-refractivity contribution in [2.75, 3.05) is 0 Å². The zero-order valence-corrected chi connectivity index (χ0v) is 8.67. The zero-order chi connectivity index (χ0) is 8.67. The highest BCUT2D eigenvalue weighted by atomic mass is 14.5. The monoisotopic (exact) mass is 178 g/mol. The Morgan fingerprint density at radius 1 is 0.538 bits per heavy atom. The van der Waals surface area contributed by atoms with Crippen molar-refractivity contribution in [3.05, 3.63) is 0 Å². The lowest BCUT2D eigenvalue weighted by Gasteiger charge is -2.32. The topological polar surface area (TPSA) is 0 Å². The molecule has 0 aromatic carbocycles. The molecule has 3 aliphatic rings. The van der Waals surface area contributed by atoms with Crippen LogP contribution in [-0.2, 0) is 0 Å². The van der Waals surface area contributed by atoms with Crippen LogP contribution in [0.3, 0.4) is 0 Å². The molecule has 2 bridgehead atoms. The van der Waals surface area contributed by atoms with E-state index >= 15 is 0 Å². The fourth-order valence-electron chi connectivity index (χ4n) is 4.54. The molecular formula is C13H22. The highest BCUT2D eigenvalue weighted by Crippen LogP contribution is 2.56. The summed E-state index contributed by atoms with van der Waals surface area (Å²) in [5, 5.41) is 0. The smallest absolute Gasteiger partial charge is 0.0355 e. The molecule has 13 heavy (non-hydrogen) atoms. The molecule has 0 spiro atoms. The van der Waals surface area contributed by atoms with Gasteiger partial charge in [-0.2, -0.15) is 0 Å². The summed E-state index contributed by atoms with van der Waals surface area (Å²) in [4.78, 5) is 0. The zero-order valence-electron chi connectivity index (χ0n) is 8.67. The van der Waals surface area contributed by atoms with Crippen LogP contribution in [0.5, 0.6) is 0 Å². The SMILES string of the molecule is C1CCCC2C(CC1)[C@@H]1CC[C@H]2C1. The average Bonchev–Trinajstić information content (AvgIpc) is 2.62. The highest BCUT2D eigenvalue weighted by Gasteiger charge is 2.46. The Labute approximate surface area is 82.1 Å². The minimum absolute atomic E-state index is 1.17. The van der Waals surface area contributed by atoms with E-state index in [1.54, 1.807) is 44.9 Å². The van der Waals surface area contributed by atoms with Crippen LogP contribution in [0.15, 0.2) is 0 Å². The van der Waals surface area contributed by atoms with Crippen LogP contribution in [-0.4, -0.2) is 0 Å². The first-order valence-electron chi connectivity index (χ1n) is 6.45. The van der Waals surface area contributed by atoms with E-state index in [-0.39, 0.29) is 0 Å². The third-order valence-electron chi connectivity index (χ3n) is 5.10. The van der Waals surface area contributed by atoms with Gasteiger partial charge in [-0.15, -0.1) is 0 Å². The van der Waals surface area contributed by atoms with Gasteiger partial charge in [0, 0.05) is 0 Å². The lowest BCUT2D eigenvalue weighted by molar-refractivity contribution is 0.178. The summed E-state index contributed by atoms with van der Waals surface area (Å²) >= 11 is 0. The first-order valence-corrected chi connectivity index (χ1v) is 6.45. The van der Waals surface area contributed by atoms with Gasteiger partial charge in [0.1, 0.15) is 0 Å². The van der Waals surface area contributed by atoms with Crippen molar-refractivity contribution in [1.29, 1.82) is 0 Å². The molecule has 3 aliphatic carbocycles. The summed E-state index contributed by atoms with van der Waals surface area (Å²) in [5.74, 6) is 4.71. The molecule has 3 saturated carbocycles. The summed E-state index contributed by atoms with van der Waals surface area (Å²) in [5.41, 5.74) is 0. The molecule has 0 aliphatic heterocycles. The predicted molar refractivity (Wildman–Crippen MR) is 55.5 cm³/mol. The van der Waals surface area contributed by atoms with Crippen LogP contribution in [0.1, 0.15) is 57.8 Å². The van der Waals surface area contributed by atoms with Gasteiger partial charge in [0.2, 0.25) is 0 Å². The molecule has 0 heteroatoms. The normalized spacial score (nSPS) is 49.8. The molecule has 0 heterocycles. The Kier molecular flexibility index (Phi) is 2.11. The van der Waals surface area contributed by atoms with Crippen molar-refractivity contribution in [3.8, 4) is 0 Å². The molecule has 0 amide bonds. The predicted octanol–water partition coefficient (Wildman–Crippen LogP) is 4.00. The van der Waals surface area contributed by atoms with Crippen LogP contribution < -0.4 is 0 Å². The highest BCUT2D eigenvalue weighted by molar-refractivity contribution is 4.96. The van der Waals surface area contributed by atoms with E-state index in [9.17, 15) is 0 Å². The van der Waals surface area contributed by atoms with E-state index in [0.29, 0.717) is 0 Å². The molecule has 2 unspecified atom stereocenters. The van der Waals surface area contributed by atoms with Gasteiger partial charge < -0.3 is 0 Å². The summed E-state index contributed by atoms with van der Waals surface area (Å²) < 4.78 is 0. The molecule has 3 rings (SSSR count). The number of rotatable bonds is 0. The van der Waals surface area contributed by atoms with Crippen molar-refractivity contribution in [3.63, 3.8) is 0 Å². The Hall–Kier alpha value is 0. The molecule has 4 atom stereocenters. The fourth-order valence-corrected chi connectivity index (χ4v) is 4.54. The van der Waals surface area contributed by atoms with E-state index in [0.717, 1.165) is 0 Å². The minimum Gasteiger partial charge on any atom is -0.0533 e. The van der Waals surface area contributed by atoms with Crippen molar-refractivity contribution in [2.45, 2.75) is 57.8 Å². The largest absolute Gasteiger partial charge is 0.0533 e. The lowest BCUT2D eigenvalue weighted by atomic mass is 9.73. The van der Waals surface area contributed by atoms with Crippen molar-refractivity contribution < 1.29 is 0 Å². The fraction of sp³-hybridized carbons (Fsp3) is 1.00. The van der Waals surface area contributed by atoms with E-state index in [1.807, 2.05) is 0 Å². The molecule has 74 valence electrons. The van der Waals surface area contributed by atoms with Gasteiger partial charge in [-0.3, -0.25) is 0 Å². The second-order valence-electron chi connectivity index (χ2n) is 5.65. The lowest BCUT2D eigenvalue weighted by Crippen LogP contribution is -2.23. The molecular weight excluding hydrogens is 156 g/mol. The van der Waals surface area contributed by atoms with E-state index in [4.69, 9.17) is 0 Å². The number of fused-ring (bicyclic) bond motifs is 5. The third kappa shape index (κ3) is 1.33. The first-order chi connectivity index (χ1) is 6.45. The van der Waals surface area contributed by atoms with Crippen LogP contribution in [0.25, 0.3) is 0 Å². The van der Waals surface area contributed by atoms with Crippen molar-refractivity contribution >= 4 is 0 Å². The van der Waals surface area contributed by atoms with Crippen molar-refractivity contribution in [2.24, 2.45) is 23.7 Å². The molecule has 0 N–H and O–H groups in total. The summed E-state index contributed by atoms with van der Waals surface area (Å²) in [6, 6.07) is 0. The molecule has 0 aromatic heterocycles. The van der Waals surface area contributed by atoms with E-state index in [2.05, 4.69) is 0 Å². The molecule has 0 nitrogen and oxygen atoms in total. The van der Waals surface area contributed by atoms with Gasteiger partial charge in [-0.25, -0.2) is 0 Å². The maximum absolute atomic E-state index is 1.62. The van der Waals surface area contributed by atoms with Crippen LogP contribution in [0.2, 0.25) is 0 Å². The maximum atomic E-state index is 1.62. The standard InChI is InChI=1S/C13H22/c1-2-4-6-13-11-8-7-10(9-11)12(13)5-3-1/h10-13H,1-9H2/t10-,11+,12?,13?. The van der Waals surface area contributed by atoms with Gasteiger partial charge in [0.15, 0.2) is 0 Å². The third-order valence-corrected chi connectivity index (χ3v) is 5.10. The Morgan fingerprint density at radius 3 is 1.62 bits per heavy atom. The Balaban J connectivity index is 1.74.